The van der Waals surface area contributed by atoms with Crippen molar-refractivity contribution in [2.45, 2.75) is 13.0 Å². The van der Waals surface area contributed by atoms with E-state index in [1.807, 2.05) is 54.6 Å². The van der Waals surface area contributed by atoms with Gasteiger partial charge in [0.25, 0.3) is 0 Å². The van der Waals surface area contributed by atoms with Crippen molar-refractivity contribution >= 4 is 5.91 Å². The maximum atomic E-state index is 12.4. The summed E-state index contributed by atoms with van der Waals surface area (Å²) in [5, 5.41) is 6.95. The minimum absolute atomic E-state index is 0.0758. The molecule has 162 valence electrons. The summed E-state index contributed by atoms with van der Waals surface area (Å²) in [6.07, 6.45) is 0.301. The van der Waals surface area contributed by atoms with E-state index in [0.717, 1.165) is 22.3 Å². The largest absolute Gasteiger partial charge is 0.493 e. The number of aromatic nitrogens is 1. The van der Waals surface area contributed by atoms with Gasteiger partial charge >= 0.3 is 0 Å². The first kappa shape index (κ1) is 21.2. The molecule has 0 fully saturated rings. The summed E-state index contributed by atoms with van der Waals surface area (Å²) in [5.41, 5.74) is 4.68. The van der Waals surface area contributed by atoms with Crippen LogP contribution in [-0.4, -0.2) is 25.3 Å². The molecular formula is C26H24N2O4. The second-order valence-corrected chi connectivity index (χ2v) is 7.27. The van der Waals surface area contributed by atoms with Gasteiger partial charge in [0.2, 0.25) is 5.91 Å². The van der Waals surface area contributed by atoms with Gasteiger partial charge in [-0.05, 0) is 34.9 Å². The molecule has 6 nitrogen and oxygen atoms in total. The molecule has 1 amide bonds. The zero-order valence-corrected chi connectivity index (χ0v) is 18.0. The first-order valence-corrected chi connectivity index (χ1v) is 10.3. The van der Waals surface area contributed by atoms with Crippen LogP contribution in [0.25, 0.3) is 22.5 Å². The highest BCUT2D eigenvalue weighted by atomic mass is 16.5. The van der Waals surface area contributed by atoms with Crippen molar-refractivity contribution in [1.82, 2.24) is 10.5 Å². The Hall–Kier alpha value is -4.06. The molecule has 0 atom stereocenters. The fraction of sp³-hybridized carbons (Fsp3) is 0.154. The molecule has 3 aromatic carbocycles. The number of nitrogens with zero attached hydrogens (tertiary/aromatic N) is 1. The fourth-order valence-corrected chi connectivity index (χ4v) is 3.40. The van der Waals surface area contributed by atoms with Crippen molar-refractivity contribution in [2.75, 3.05) is 14.2 Å². The Labute approximate surface area is 186 Å². The van der Waals surface area contributed by atoms with Gasteiger partial charge in [0.05, 0.1) is 27.2 Å². The van der Waals surface area contributed by atoms with Gasteiger partial charge in [-0.15, -0.1) is 0 Å². The lowest BCUT2D eigenvalue weighted by Crippen LogP contribution is -2.24. The minimum atomic E-state index is -0.0758. The Bertz CT molecular complexity index is 1180. The van der Waals surface area contributed by atoms with Crippen LogP contribution in [0.15, 0.2) is 83.4 Å². The maximum absolute atomic E-state index is 12.4. The van der Waals surface area contributed by atoms with Crippen LogP contribution >= 0.6 is 0 Å². The van der Waals surface area contributed by atoms with E-state index in [4.69, 9.17) is 14.0 Å². The van der Waals surface area contributed by atoms with Crippen molar-refractivity contribution in [2.24, 2.45) is 0 Å². The minimum Gasteiger partial charge on any atom is -0.493 e. The van der Waals surface area contributed by atoms with E-state index >= 15 is 0 Å². The molecule has 0 unspecified atom stereocenters. The van der Waals surface area contributed by atoms with Crippen molar-refractivity contribution in [3.63, 3.8) is 0 Å². The van der Waals surface area contributed by atoms with E-state index in [2.05, 4.69) is 22.6 Å². The third kappa shape index (κ3) is 4.98. The fourth-order valence-electron chi connectivity index (χ4n) is 3.40. The third-order valence-corrected chi connectivity index (χ3v) is 5.12. The number of hydrogen-bond donors (Lipinski definition) is 1. The van der Waals surface area contributed by atoms with Crippen LogP contribution in [0.3, 0.4) is 0 Å². The molecule has 0 radical (unpaired) electrons. The molecule has 32 heavy (non-hydrogen) atoms. The number of carbonyl (C=O) groups excluding carboxylic acids is 1. The summed E-state index contributed by atoms with van der Waals surface area (Å²) in [6, 6.07) is 25.5. The lowest BCUT2D eigenvalue weighted by atomic mass is 10.0. The zero-order valence-electron chi connectivity index (χ0n) is 18.0. The number of nitrogens with one attached hydrogen (secondary N) is 1. The molecule has 0 bridgehead atoms. The number of amides is 1. The van der Waals surface area contributed by atoms with E-state index in [9.17, 15) is 4.79 Å². The lowest BCUT2D eigenvalue weighted by molar-refractivity contribution is -0.120. The van der Waals surface area contributed by atoms with Crippen molar-refractivity contribution in [3.8, 4) is 33.9 Å². The molecule has 1 heterocycles. The smallest absolute Gasteiger partial charge is 0.224 e. The molecule has 4 rings (SSSR count). The van der Waals surface area contributed by atoms with Crippen molar-refractivity contribution in [1.29, 1.82) is 0 Å². The number of rotatable bonds is 8. The maximum Gasteiger partial charge on any atom is 0.224 e. The molecular weight excluding hydrogens is 404 g/mol. The molecule has 1 aromatic heterocycles. The van der Waals surface area contributed by atoms with Gasteiger partial charge in [0, 0.05) is 11.6 Å². The Kier molecular flexibility index (Phi) is 6.51. The SMILES string of the molecule is COc1ccc(-c2cc(CNC(=O)Cc3ccc(-c4ccccc4)cc3)no2)cc1OC. The second kappa shape index (κ2) is 9.83. The molecule has 0 spiro atoms. The van der Waals surface area contributed by atoms with E-state index in [1.54, 1.807) is 26.4 Å². The van der Waals surface area contributed by atoms with Gasteiger partial charge < -0.3 is 19.3 Å². The summed E-state index contributed by atoms with van der Waals surface area (Å²) >= 11 is 0. The average Bonchev–Trinajstić information content (AvgIpc) is 3.32. The van der Waals surface area contributed by atoms with Gasteiger partial charge in [-0.25, -0.2) is 0 Å². The molecule has 0 aliphatic heterocycles. The van der Waals surface area contributed by atoms with Crippen LogP contribution < -0.4 is 14.8 Å². The molecule has 0 saturated heterocycles. The highest BCUT2D eigenvalue weighted by Crippen LogP contribution is 2.32. The zero-order chi connectivity index (χ0) is 22.3. The Morgan fingerprint density at radius 2 is 1.53 bits per heavy atom. The van der Waals surface area contributed by atoms with Crippen LogP contribution in [-0.2, 0) is 17.8 Å². The Balaban J connectivity index is 1.33. The standard InChI is InChI=1S/C26H24N2O4/c1-30-23-13-12-21(15-25(23)31-2)24-16-22(28-32-24)17-27-26(29)14-18-8-10-20(11-9-18)19-6-4-3-5-7-19/h3-13,15-16H,14,17H2,1-2H3,(H,27,29). The highest BCUT2D eigenvalue weighted by Gasteiger charge is 2.12. The molecule has 0 saturated carbocycles. The molecule has 1 N–H and O–H groups in total. The number of methoxy groups -OCH3 is 2. The summed E-state index contributed by atoms with van der Waals surface area (Å²) in [4.78, 5) is 12.4. The van der Waals surface area contributed by atoms with Gasteiger partial charge in [0.15, 0.2) is 17.3 Å². The third-order valence-electron chi connectivity index (χ3n) is 5.12. The predicted octanol–water partition coefficient (Wildman–Crippen LogP) is 4.88. The van der Waals surface area contributed by atoms with E-state index in [1.165, 1.54) is 0 Å². The highest BCUT2D eigenvalue weighted by molar-refractivity contribution is 5.79. The van der Waals surface area contributed by atoms with Crippen LogP contribution in [0.2, 0.25) is 0 Å². The van der Waals surface area contributed by atoms with Crippen molar-refractivity contribution in [3.05, 3.63) is 90.1 Å². The summed E-state index contributed by atoms with van der Waals surface area (Å²) in [6.45, 7) is 0.289. The van der Waals surface area contributed by atoms with E-state index in [0.29, 0.717) is 29.4 Å². The Morgan fingerprint density at radius 1 is 0.844 bits per heavy atom. The molecule has 4 aromatic rings. The first-order valence-electron chi connectivity index (χ1n) is 10.3. The lowest BCUT2D eigenvalue weighted by Gasteiger charge is -2.07. The van der Waals surface area contributed by atoms with E-state index in [-0.39, 0.29) is 12.5 Å². The summed E-state index contributed by atoms with van der Waals surface area (Å²) < 4.78 is 16.0. The summed E-state index contributed by atoms with van der Waals surface area (Å²) in [7, 11) is 3.17. The van der Waals surface area contributed by atoms with Crippen LogP contribution in [0.5, 0.6) is 11.5 Å². The topological polar surface area (TPSA) is 73.6 Å². The van der Waals surface area contributed by atoms with Crippen LogP contribution in [0.4, 0.5) is 0 Å². The average molecular weight is 428 g/mol. The van der Waals surface area contributed by atoms with Crippen LogP contribution in [0, 0.1) is 0 Å². The van der Waals surface area contributed by atoms with Gasteiger partial charge in [-0.1, -0.05) is 59.8 Å². The molecule has 0 aliphatic rings. The normalized spacial score (nSPS) is 10.6. The van der Waals surface area contributed by atoms with Gasteiger partial charge in [-0.2, -0.15) is 0 Å². The summed E-state index contributed by atoms with van der Waals surface area (Å²) in [5.74, 6) is 1.76. The number of hydrogen-bond acceptors (Lipinski definition) is 5. The Morgan fingerprint density at radius 3 is 2.25 bits per heavy atom. The van der Waals surface area contributed by atoms with Crippen molar-refractivity contribution < 1.29 is 18.8 Å². The van der Waals surface area contributed by atoms with Crippen LogP contribution in [0.1, 0.15) is 11.3 Å². The second-order valence-electron chi connectivity index (χ2n) is 7.27. The van der Waals surface area contributed by atoms with E-state index < -0.39 is 0 Å². The monoisotopic (exact) mass is 428 g/mol. The quantitative estimate of drug-likeness (QED) is 0.433. The number of carbonyl (C=O) groups is 1. The number of benzene rings is 3. The molecule has 0 aliphatic carbocycles. The first-order chi connectivity index (χ1) is 15.7. The number of ether oxygens (including phenoxy) is 2. The molecule has 6 heteroatoms. The van der Waals surface area contributed by atoms with Gasteiger partial charge in [0.1, 0.15) is 5.69 Å². The van der Waals surface area contributed by atoms with Gasteiger partial charge in [-0.3, -0.25) is 4.79 Å². The predicted molar refractivity (Wildman–Crippen MR) is 122 cm³/mol.